The number of H-pyrrole nitrogens is 1. The van der Waals surface area contributed by atoms with Gasteiger partial charge in [0.05, 0.1) is 4.90 Å². The first-order valence-electron chi connectivity index (χ1n) is 5.91. The Hall–Kier alpha value is -1.40. The van der Waals surface area contributed by atoms with E-state index in [2.05, 4.69) is 21.9 Å². The van der Waals surface area contributed by atoms with Crippen molar-refractivity contribution >= 4 is 10.0 Å². The van der Waals surface area contributed by atoms with Crippen LogP contribution in [0.3, 0.4) is 0 Å². The Balaban J connectivity index is 2.01. The Morgan fingerprint density at radius 1 is 1.33 bits per heavy atom. The largest absolute Gasteiger partial charge is 0.328 e. The van der Waals surface area contributed by atoms with Gasteiger partial charge in [-0.05, 0) is 31.2 Å². The molecule has 6 heteroatoms. The van der Waals surface area contributed by atoms with Gasteiger partial charge < -0.3 is 4.98 Å². The zero-order chi connectivity index (χ0) is 13.0. The van der Waals surface area contributed by atoms with Crippen LogP contribution in [0, 0.1) is 5.92 Å². The molecule has 1 aliphatic carbocycles. The van der Waals surface area contributed by atoms with E-state index in [-0.39, 0.29) is 10.5 Å². The van der Waals surface area contributed by atoms with Crippen molar-refractivity contribution in [1.29, 1.82) is 0 Å². The van der Waals surface area contributed by atoms with E-state index in [4.69, 9.17) is 0 Å². The zero-order valence-corrected chi connectivity index (χ0v) is 10.7. The fraction of sp³-hybridized carbons (Fsp3) is 0.417. The van der Waals surface area contributed by atoms with Crippen LogP contribution in [0.5, 0.6) is 0 Å². The maximum atomic E-state index is 11.9. The van der Waals surface area contributed by atoms with Gasteiger partial charge in [-0.3, -0.25) is 4.79 Å². The molecule has 1 atom stereocenters. The molecule has 1 unspecified atom stereocenters. The van der Waals surface area contributed by atoms with Crippen molar-refractivity contribution in [3.05, 3.63) is 40.8 Å². The van der Waals surface area contributed by atoms with E-state index in [0.29, 0.717) is 12.5 Å². The Morgan fingerprint density at radius 2 is 2.17 bits per heavy atom. The highest BCUT2D eigenvalue weighted by molar-refractivity contribution is 7.89. The molecule has 0 radical (unpaired) electrons. The van der Waals surface area contributed by atoms with Crippen LogP contribution in [0.25, 0.3) is 0 Å². The summed E-state index contributed by atoms with van der Waals surface area (Å²) in [6, 6.07) is 2.51. The molecule has 0 aromatic carbocycles. The Bertz CT molecular complexity index is 569. The van der Waals surface area contributed by atoms with Crippen LogP contribution >= 0.6 is 0 Å². The molecule has 0 fully saturated rings. The average Bonchev–Trinajstić information content (AvgIpc) is 2.38. The van der Waals surface area contributed by atoms with Gasteiger partial charge in [0.15, 0.2) is 0 Å². The van der Waals surface area contributed by atoms with Gasteiger partial charge in [-0.25, -0.2) is 13.1 Å². The predicted octanol–water partition coefficient (Wildman–Crippen LogP) is 1.01. The summed E-state index contributed by atoms with van der Waals surface area (Å²) in [5, 5.41) is 0. The smallest absolute Gasteiger partial charge is 0.247 e. The van der Waals surface area contributed by atoms with Crippen LogP contribution < -0.4 is 10.3 Å². The second-order valence-corrected chi connectivity index (χ2v) is 6.16. The fourth-order valence-electron chi connectivity index (χ4n) is 1.92. The van der Waals surface area contributed by atoms with Gasteiger partial charge >= 0.3 is 0 Å². The molecule has 0 saturated heterocycles. The number of hydrogen-bond acceptors (Lipinski definition) is 3. The third-order valence-electron chi connectivity index (χ3n) is 3.01. The van der Waals surface area contributed by atoms with E-state index in [0.717, 1.165) is 19.3 Å². The topological polar surface area (TPSA) is 79.0 Å². The molecule has 1 heterocycles. The number of pyridine rings is 1. The number of hydrogen-bond donors (Lipinski definition) is 2. The van der Waals surface area contributed by atoms with Gasteiger partial charge in [0, 0.05) is 18.8 Å². The molecule has 0 spiro atoms. The van der Waals surface area contributed by atoms with E-state index in [1.807, 2.05) is 0 Å². The molecule has 1 aromatic heterocycles. The Kier molecular flexibility index (Phi) is 3.98. The monoisotopic (exact) mass is 268 g/mol. The van der Waals surface area contributed by atoms with Crippen molar-refractivity contribution in [2.75, 3.05) is 6.54 Å². The van der Waals surface area contributed by atoms with Gasteiger partial charge in [0.2, 0.25) is 15.6 Å². The number of allylic oxidation sites excluding steroid dienone is 2. The van der Waals surface area contributed by atoms with Crippen molar-refractivity contribution in [1.82, 2.24) is 9.71 Å². The van der Waals surface area contributed by atoms with Crippen molar-refractivity contribution in [3.8, 4) is 0 Å². The lowest BCUT2D eigenvalue weighted by atomic mass is 9.95. The number of aromatic amines is 1. The summed E-state index contributed by atoms with van der Waals surface area (Å²) in [6.07, 6.45) is 8.34. The summed E-state index contributed by atoms with van der Waals surface area (Å²) in [5.41, 5.74) is -0.314. The molecule has 1 aromatic rings. The van der Waals surface area contributed by atoms with E-state index in [1.54, 1.807) is 0 Å². The third-order valence-corrected chi connectivity index (χ3v) is 4.43. The molecular formula is C12H16N2O3S. The Morgan fingerprint density at radius 3 is 2.78 bits per heavy atom. The lowest BCUT2D eigenvalue weighted by Gasteiger charge is -2.18. The quantitative estimate of drug-likeness (QED) is 0.800. The molecule has 0 aliphatic heterocycles. The van der Waals surface area contributed by atoms with Crippen LogP contribution in [-0.2, 0) is 10.0 Å². The molecule has 98 valence electrons. The van der Waals surface area contributed by atoms with Crippen LogP contribution in [0.4, 0.5) is 0 Å². The lowest BCUT2D eigenvalue weighted by Crippen LogP contribution is -2.30. The molecule has 0 saturated carbocycles. The maximum Gasteiger partial charge on any atom is 0.247 e. The van der Waals surface area contributed by atoms with Crippen molar-refractivity contribution in [2.24, 2.45) is 5.92 Å². The van der Waals surface area contributed by atoms with Crippen molar-refractivity contribution in [2.45, 2.75) is 24.2 Å². The molecule has 1 aliphatic rings. The van der Waals surface area contributed by atoms with E-state index in [9.17, 15) is 13.2 Å². The number of nitrogens with one attached hydrogen (secondary N) is 2. The third kappa shape index (κ3) is 3.30. The predicted molar refractivity (Wildman–Crippen MR) is 68.7 cm³/mol. The first kappa shape index (κ1) is 13.0. The first-order chi connectivity index (χ1) is 8.58. The molecule has 0 amide bonds. The molecule has 0 bridgehead atoms. The zero-order valence-electron chi connectivity index (χ0n) is 9.93. The first-order valence-corrected chi connectivity index (χ1v) is 7.40. The molecule has 18 heavy (non-hydrogen) atoms. The highest BCUT2D eigenvalue weighted by Gasteiger charge is 2.17. The number of rotatable bonds is 4. The lowest BCUT2D eigenvalue weighted by molar-refractivity contribution is 0.468. The summed E-state index contributed by atoms with van der Waals surface area (Å²) in [5.74, 6) is 0.354. The van der Waals surface area contributed by atoms with Gasteiger partial charge in [-0.1, -0.05) is 12.2 Å². The van der Waals surface area contributed by atoms with Crippen LogP contribution in [0.1, 0.15) is 19.3 Å². The highest BCUT2D eigenvalue weighted by atomic mass is 32.2. The second-order valence-electron chi connectivity index (χ2n) is 4.39. The van der Waals surface area contributed by atoms with E-state index >= 15 is 0 Å². The Labute approximate surface area is 106 Å². The average molecular weight is 268 g/mol. The molecule has 5 nitrogen and oxygen atoms in total. The van der Waals surface area contributed by atoms with Crippen LogP contribution in [0.2, 0.25) is 0 Å². The van der Waals surface area contributed by atoms with Gasteiger partial charge in [-0.15, -0.1) is 0 Å². The van der Waals surface area contributed by atoms with Crippen LogP contribution in [0.15, 0.2) is 40.2 Å². The minimum absolute atomic E-state index is 0.0912. The van der Waals surface area contributed by atoms with Crippen molar-refractivity contribution in [3.63, 3.8) is 0 Å². The summed E-state index contributed by atoms with van der Waals surface area (Å²) in [7, 11) is -3.52. The maximum absolute atomic E-state index is 11.9. The summed E-state index contributed by atoms with van der Waals surface area (Å²) < 4.78 is 26.5. The SMILES string of the molecule is O=c1ccc(S(=O)(=O)NCC2CC=CCC2)c[nH]1. The van der Waals surface area contributed by atoms with E-state index in [1.165, 1.54) is 18.3 Å². The van der Waals surface area contributed by atoms with Gasteiger partial charge in [0.25, 0.3) is 0 Å². The normalized spacial score (nSPS) is 19.9. The minimum atomic E-state index is -3.52. The fourth-order valence-corrected chi connectivity index (χ4v) is 3.00. The van der Waals surface area contributed by atoms with E-state index < -0.39 is 10.0 Å². The standard InChI is InChI=1S/C12H16N2O3S/c15-12-7-6-11(9-13-12)18(16,17)14-8-10-4-2-1-3-5-10/h1-2,6-7,9-10,14H,3-5,8H2,(H,13,15). The summed E-state index contributed by atoms with van der Waals surface area (Å²) in [4.78, 5) is 13.3. The van der Waals surface area contributed by atoms with Gasteiger partial charge in [0.1, 0.15) is 0 Å². The minimum Gasteiger partial charge on any atom is -0.328 e. The molecule has 2 N–H and O–H groups in total. The van der Waals surface area contributed by atoms with Crippen LogP contribution in [-0.4, -0.2) is 19.9 Å². The summed E-state index contributed by atoms with van der Waals surface area (Å²) in [6.45, 7) is 0.436. The molecule has 2 rings (SSSR count). The number of aromatic nitrogens is 1. The number of sulfonamides is 1. The van der Waals surface area contributed by atoms with Gasteiger partial charge in [-0.2, -0.15) is 0 Å². The second kappa shape index (κ2) is 5.49. The highest BCUT2D eigenvalue weighted by Crippen LogP contribution is 2.17. The van der Waals surface area contributed by atoms with Crippen molar-refractivity contribution < 1.29 is 8.42 Å². The summed E-state index contributed by atoms with van der Waals surface area (Å²) >= 11 is 0. The molecular weight excluding hydrogens is 252 g/mol.